The Kier molecular flexibility index (Phi) is 5.50. The Morgan fingerprint density at radius 1 is 1.36 bits per heavy atom. The predicted octanol–water partition coefficient (Wildman–Crippen LogP) is 2.30. The molecule has 3 nitrogen and oxygen atoms in total. The molecule has 2 N–H and O–H groups in total. The second-order valence-electron chi connectivity index (χ2n) is 5.10. The Morgan fingerprint density at radius 2 is 2.05 bits per heavy atom. The summed E-state index contributed by atoms with van der Waals surface area (Å²) in [6.07, 6.45) is 0. The van der Waals surface area contributed by atoms with Gasteiger partial charge in [0.05, 0.1) is 36.1 Å². The van der Waals surface area contributed by atoms with Gasteiger partial charge in [-0.2, -0.15) is 0 Å². The van der Waals surface area contributed by atoms with Gasteiger partial charge in [-0.15, -0.1) is 11.3 Å². The van der Waals surface area contributed by atoms with Crippen LogP contribution in [0.2, 0.25) is 5.02 Å². The molecule has 0 radical (unpaired) electrons. The molecule has 1 heterocycles. The van der Waals surface area contributed by atoms with Crippen LogP contribution in [-0.2, 0) is 0 Å². The lowest BCUT2D eigenvalue weighted by atomic mass is 10.1. The third kappa shape index (κ3) is 3.82. The van der Waals surface area contributed by atoms with Gasteiger partial charge in [-0.3, -0.25) is 4.79 Å². The number of amides is 1. The molecule has 0 aliphatic carbocycles. The molecule has 1 amide bonds. The first-order chi connectivity index (χ1) is 10.4. The van der Waals surface area contributed by atoms with Gasteiger partial charge >= 0.3 is 0 Å². The van der Waals surface area contributed by atoms with Crippen molar-refractivity contribution in [3.05, 3.63) is 56.7 Å². The number of rotatable bonds is 5. The van der Waals surface area contributed by atoms with Crippen LogP contribution in [0, 0.1) is 11.6 Å². The average molecular weight is 346 g/mol. The number of carbonyl (C=O) groups excluding carboxylic acids is 1. The van der Waals surface area contributed by atoms with Crippen molar-refractivity contribution in [3.63, 3.8) is 0 Å². The van der Waals surface area contributed by atoms with Gasteiger partial charge in [-0.1, -0.05) is 17.7 Å². The largest absolute Gasteiger partial charge is 0.346 e. The summed E-state index contributed by atoms with van der Waals surface area (Å²) in [4.78, 5) is 14.4. The van der Waals surface area contributed by atoms with Crippen LogP contribution >= 0.6 is 22.9 Å². The predicted molar refractivity (Wildman–Crippen MR) is 83.6 cm³/mol. The molecule has 2 aromatic rings. The first-order valence-corrected chi connectivity index (χ1v) is 7.92. The van der Waals surface area contributed by atoms with Crippen molar-refractivity contribution < 1.29 is 18.5 Å². The summed E-state index contributed by atoms with van der Waals surface area (Å²) in [6, 6.07) is 5.64. The van der Waals surface area contributed by atoms with Gasteiger partial charge < -0.3 is 10.2 Å². The van der Waals surface area contributed by atoms with E-state index < -0.39 is 17.5 Å². The van der Waals surface area contributed by atoms with Crippen molar-refractivity contribution in [1.82, 2.24) is 5.32 Å². The van der Waals surface area contributed by atoms with E-state index in [1.807, 2.05) is 31.6 Å². The lowest BCUT2D eigenvalue weighted by Crippen LogP contribution is -3.06. The molecule has 0 bridgehead atoms. The van der Waals surface area contributed by atoms with Gasteiger partial charge in [0.2, 0.25) is 0 Å². The van der Waals surface area contributed by atoms with E-state index in [1.165, 1.54) is 0 Å². The maximum absolute atomic E-state index is 13.3. The Balaban J connectivity index is 2.10. The minimum atomic E-state index is -1.09. The summed E-state index contributed by atoms with van der Waals surface area (Å²) >= 11 is 7.41. The molecule has 0 unspecified atom stereocenters. The van der Waals surface area contributed by atoms with Crippen molar-refractivity contribution in [2.45, 2.75) is 6.04 Å². The van der Waals surface area contributed by atoms with E-state index >= 15 is 0 Å². The molecule has 1 aromatic heterocycles. The second-order valence-corrected chi connectivity index (χ2v) is 6.49. The SMILES string of the molecule is C[NH+](C)[C@@H](CNC(=O)c1cc(F)c(F)cc1Cl)c1cccs1. The number of nitrogens with one attached hydrogen (secondary N) is 2. The van der Waals surface area contributed by atoms with E-state index in [1.54, 1.807) is 11.3 Å². The molecule has 0 saturated heterocycles. The first-order valence-electron chi connectivity index (χ1n) is 6.66. The minimum Gasteiger partial charge on any atom is -0.346 e. The van der Waals surface area contributed by atoms with Crippen molar-refractivity contribution in [2.75, 3.05) is 20.6 Å². The first kappa shape index (κ1) is 16.9. The summed E-state index contributed by atoms with van der Waals surface area (Å²) < 4.78 is 26.3. The highest BCUT2D eigenvalue weighted by molar-refractivity contribution is 7.10. The maximum Gasteiger partial charge on any atom is 0.253 e. The lowest BCUT2D eigenvalue weighted by molar-refractivity contribution is -0.890. The van der Waals surface area contributed by atoms with Gasteiger partial charge in [-0.05, 0) is 23.6 Å². The zero-order valence-electron chi connectivity index (χ0n) is 12.1. The van der Waals surface area contributed by atoms with E-state index in [4.69, 9.17) is 11.6 Å². The highest BCUT2D eigenvalue weighted by Gasteiger charge is 2.21. The van der Waals surface area contributed by atoms with E-state index in [-0.39, 0.29) is 16.6 Å². The molecule has 0 spiro atoms. The van der Waals surface area contributed by atoms with E-state index in [0.717, 1.165) is 21.9 Å². The Labute approximate surface area is 136 Å². The van der Waals surface area contributed by atoms with Gasteiger partial charge in [0.25, 0.3) is 5.91 Å². The highest BCUT2D eigenvalue weighted by Crippen LogP contribution is 2.20. The monoisotopic (exact) mass is 345 g/mol. The fourth-order valence-corrected chi connectivity index (χ4v) is 3.26. The third-order valence-corrected chi connectivity index (χ3v) is 4.60. The number of halogens is 3. The van der Waals surface area contributed by atoms with Crippen molar-refractivity contribution in [2.24, 2.45) is 0 Å². The maximum atomic E-state index is 13.3. The number of hydrogen-bond acceptors (Lipinski definition) is 2. The number of benzene rings is 1. The van der Waals surface area contributed by atoms with E-state index in [2.05, 4.69) is 5.32 Å². The minimum absolute atomic E-state index is 0.0701. The summed E-state index contributed by atoms with van der Waals surface area (Å²) in [6.45, 7) is 0.372. The molecule has 0 fully saturated rings. The normalized spacial score (nSPS) is 12.5. The smallest absolute Gasteiger partial charge is 0.253 e. The highest BCUT2D eigenvalue weighted by atomic mass is 35.5. The zero-order valence-corrected chi connectivity index (χ0v) is 13.7. The molecule has 118 valence electrons. The summed E-state index contributed by atoms with van der Waals surface area (Å²) in [5.41, 5.74) is -0.0701. The Bertz CT molecular complexity index is 662. The fraction of sp³-hybridized carbons (Fsp3) is 0.267. The van der Waals surface area contributed by atoms with Crippen LogP contribution in [0.25, 0.3) is 0 Å². The van der Waals surface area contributed by atoms with Gasteiger partial charge in [-0.25, -0.2) is 8.78 Å². The van der Waals surface area contributed by atoms with Crippen LogP contribution in [-0.4, -0.2) is 26.5 Å². The molecule has 1 atom stereocenters. The summed E-state index contributed by atoms with van der Waals surface area (Å²) in [5.74, 6) is -2.69. The van der Waals surface area contributed by atoms with Gasteiger partial charge in [0.1, 0.15) is 6.04 Å². The molecule has 0 saturated carbocycles. The quantitative estimate of drug-likeness (QED) is 0.801. The fourth-order valence-electron chi connectivity index (χ4n) is 2.07. The van der Waals surface area contributed by atoms with E-state index in [9.17, 15) is 13.6 Å². The average Bonchev–Trinajstić information content (AvgIpc) is 2.96. The number of likely N-dealkylation sites (N-methyl/N-ethyl adjacent to an activating group) is 1. The molecule has 1 aromatic carbocycles. The Morgan fingerprint density at radius 3 is 2.64 bits per heavy atom. The van der Waals surface area contributed by atoms with Crippen LogP contribution in [0.15, 0.2) is 29.6 Å². The molecule has 7 heteroatoms. The third-order valence-electron chi connectivity index (χ3n) is 3.30. The van der Waals surface area contributed by atoms with Gasteiger partial charge in [0.15, 0.2) is 11.6 Å². The second kappa shape index (κ2) is 7.17. The van der Waals surface area contributed by atoms with Gasteiger partial charge in [0, 0.05) is 0 Å². The van der Waals surface area contributed by atoms with Crippen LogP contribution < -0.4 is 10.2 Å². The van der Waals surface area contributed by atoms with Crippen LogP contribution in [0.5, 0.6) is 0 Å². The number of carbonyl (C=O) groups is 1. The summed E-state index contributed by atoms with van der Waals surface area (Å²) in [7, 11) is 3.97. The summed E-state index contributed by atoms with van der Waals surface area (Å²) in [5, 5.41) is 4.59. The standard InChI is InChI=1S/C15H15ClF2N2OS/c1-20(2)13(14-4-3-5-22-14)8-19-15(21)9-6-11(17)12(18)7-10(9)16/h3-7,13H,8H2,1-2H3,(H,19,21)/p+1/t13-/m0/s1. The van der Waals surface area contributed by atoms with E-state index in [0.29, 0.717) is 6.54 Å². The molecule has 0 aliphatic rings. The number of hydrogen-bond donors (Lipinski definition) is 2. The molecular weight excluding hydrogens is 330 g/mol. The molecule has 2 rings (SSSR count). The van der Waals surface area contributed by atoms with Crippen LogP contribution in [0.3, 0.4) is 0 Å². The molecule has 0 aliphatic heterocycles. The lowest BCUT2D eigenvalue weighted by Gasteiger charge is -2.20. The van der Waals surface area contributed by atoms with Crippen LogP contribution in [0.4, 0.5) is 8.78 Å². The van der Waals surface area contributed by atoms with Crippen LogP contribution in [0.1, 0.15) is 21.3 Å². The molecule has 22 heavy (non-hydrogen) atoms. The molecular formula is C15H16ClF2N2OS+. The number of thiophene rings is 1. The zero-order chi connectivity index (χ0) is 16.3. The Hall–Kier alpha value is -1.50. The van der Waals surface area contributed by atoms with Crippen molar-refractivity contribution in [1.29, 1.82) is 0 Å². The van der Waals surface area contributed by atoms with Crippen molar-refractivity contribution in [3.8, 4) is 0 Å². The van der Waals surface area contributed by atoms with Crippen molar-refractivity contribution >= 4 is 28.8 Å². The number of quaternary nitrogens is 1. The topological polar surface area (TPSA) is 33.5 Å².